The minimum absolute atomic E-state index is 0.0726. The van der Waals surface area contributed by atoms with Crippen LogP contribution in [-0.4, -0.2) is 42.0 Å². The standard InChI is InChI=1S/C18H23N3O/c1-11(22)19-8-12-6-15-14-4-3-5-16-18(14)13(9-20-16)7-17(15)21(2)10-12/h3-5,9,12,15,17,20H,6-8,10H2,1-2H3,(H,19,22). The normalized spacial score (nSPS) is 27.6. The molecule has 2 aliphatic rings. The van der Waals surface area contributed by atoms with E-state index in [1.54, 1.807) is 6.92 Å². The van der Waals surface area contributed by atoms with Crippen LogP contribution in [0.25, 0.3) is 10.9 Å². The molecule has 3 atom stereocenters. The van der Waals surface area contributed by atoms with E-state index < -0.39 is 0 Å². The van der Waals surface area contributed by atoms with Gasteiger partial charge in [0.25, 0.3) is 0 Å². The maximum Gasteiger partial charge on any atom is 0.216 e. The van der Waals surface area contributed by atoms with Gasteiger partial charge < -0.3 is 15.2 Å². The Morgan fingerprint density at radius 3 is 3.14 bits per heavy atom. The summed E-state index contributed by atoms with van der Waals surface area (Å²) < 4.78 is 0. The number of likely N-dealkylation sites (N-methyl/N-ethyl adjacent to an activating group) is 1. The van der Waals surface area contributed by atoms with Gasteiger partial charge >= 0.3 is 0 Å². The number of rotatable bonds is 2. The molecule has 22 heavy (non-hydrogen) atoms. The SMILES string of the molecule is CC(=O)NCC1CC2c3cccc4[nH]cc(c34)CC2N(C)C1. The molecule has 0 bridgehead atoms. The summed E-state index contributed by atoms with van der Waals surface area (Å²) in [5.41, 5.74) is 4.21. The Kier molecular flexibility index (Phi) is 3.22. The van der Waals surface area contributed by atoms with Gasteiger partial charge in [0.15, 0.2) is 0 Å². The van der Waals surface area contributed by atoms with E-state index in [9.17, 15) is 4.79 Å². The molecule has 4 heteroatoms. The lowest BCUT2D eigenvalue weighted by atomic mass is 9.72. The quantitative estimate of drug-likeness (QED) is 0.893. The molecule has 4 nitrogen and oxygen atoms in total. The fourth-order valence-corrected chi connectivity index (χ4v) is 4.49. The van der Waals surface area contributed by atoms with Gasteiger partial charge in [-0.05, 0) is 43.0 Å². The minimum atomic E-state index is 0.0726. The highest BCUT2D eigenvalue weighted by molar-refractivity contribution is 5.88. The number of benzene rings is 1. The average Bonchev–Trinajstić information content (AvgIpc) is 2.91. The van der Waals surface area contributed by atoms with Crippen molar-refractivity contribution in [3.8, 4) is 0 Å². The highest BCUT2D eigenvalue weighted by atomic mass is 16.1. The van der Waals surface area contributed by atoms with E-state index in [4.69, 9.17) is 0 Å². The molecule has 3 unspecified atom stereocenters. The summed E-state index contributed by atoms with van der Waals surface area (Å²) in [5.74, 6) is 1.18. The van der Waals surface area contributed by atoms with Gasteiger partial charge in [-0.1, -0.05) is 12.1 Å². The zero-order chi connectivity index (χ0) is 15.3. The number of aromatic nitrogens is 1. The number of carbonyl (C=O) groups is 1. The molecule has 0 saturated carbocycles. The van der Waals surface area contributed by atoms with Crippen LogP contribution in [0.4, 0.5) is 0 Å². The predicted molar refractivity (Wildman–Crippen MR) is 88.0 cm³/mol. The molecule has 1 aromatic heterocycles. The Morgan fingerprint density at radius 2 is 2.32 bits per heavy atom. The van der Waals surface area contributed by atoms with E-state index in [2.05, 4.69) is 46.6 Å². The smallest absolute Gasteiger partial charge is 0.216 e. The number of likely N-dealkylation sites (tertiary alicyclic amines) is 1. The van der Waals surface area contributed by atoms with E-state index in [1.165, 1.54) is 28.5 Å². The summed E-state index contributed by atoms with van der Waals surface area (Å²) in [5, 5.41) is 4.44. The molecule has 1 aromatic carbocycles. The van der Waals surface area contributed by atoms with Gasteiger partial charge in [-0.25, -0.2) is 0 Å². The van der Waals surface area contributed by atoms with Crippen molar-refractivity contribution in [3.63, 3.8) is 0 Å². The van der Waals surface area contributed by atoms with Crippen molar-refractivity contribution in [2.45, 2.75) is 31.7 Å². The Morgan fingerprint density at radius 1 is 1.45 bits per heavy atom. The van der Waals surface area contributed by atoms with Crippen molar-refractivity contribution in [2.75, 3.05) is 20.1 Å². The third kappa shape index (κ3) is 2.13. The first-order valence-electron chi connectivity index (χ1n) is 8.17. The molecular weight excluding hydrogens is 274 g/mol. The van der Waals surface area contributed by atoms with Crippen molar-refractivity contribution < 1.29 is 4.79 Å². The molecule has 1 amide bonds. The van der Waals surface area contributed by atoms with Gasteiger partial charge in [-0.2, -0.15) is 0 Å². The van der Waals surface area contributed by atoms with Crippen molar-refractivity contribution in [1.82, 2.24) is 15.2 Å². The van der Waals surface area contributed by atoms with Crippen molar-refractivity contribution in [3.05, 3.63) is 35.5 Å². The molecule has 0 spiro atoms. The van der Waals surface area contributed by atoms with Crippen molar-refractivity contribution in [2.24, 2.45) is 5.92 Å². The zero-order valence-electron chi connectivity index (χ0n) is 13.2. The fourth-order valence-electron chi connectivity index (χ4n) is 4.49. The fraction of sp³-hybridized carbons (Fsp3) is 0.500. The van der Waals surface area contributed by atoms with Crippen LogP contribution in [0.15, 0.2) is 24.4 Å². The summed E-state index contributed by atoms with van der Waals surface area (Å²) in [6.45, 7) is 3.46. The van der Waals surface area contributed by atoms with Crippen LogP contribution in [0, 0.1) is 5.92 Å². The van der Waals surface area contributed by atoms with Crippen LogP contribution < -0.4 is 5.32 Å². The lowest BCUT2D eigenvalue weighted by Gasteiger charge is -2.45. The largest absolute Gasteiger partial charge is 0.361 e. The minimum Gasteiger partial charge on any atom is -0.361 e. The van der Waals surface area contributed by atoms with Crippen LogP contribution in [0.2, 0.25) is 0 Å². The topological polar surface area (TPSA) is 48.1 Å². The summed E-state index contributed by atoms with van der Waals surface area (Å²) in [7, 11) is 2.23. The first kappa shape index (κ1) is 13.8. The lowest BCUT2D eigenvalue weighted by Crippen LogP contribution is -2.50. The van der Waals surface area contributed by atoms with Gasteiger partial charge in [0.1, 0.15) is 0 Å². The third-order valence-electron chi connectivity index (χ3n) is 5.45. The highest BCUT2D eigenvalue weighted by Gasteiger charge is 2.39. The number of carbonyl (C=O) groups excluding carboxylic acids is 1. The Bertz CT molecular complexity index is 720. The zero-order valence-corrected chi connectivity index (χ0v) is 13.2. The van der Waals surface area contributed by atoms with Gasteiger partial charge in [0, 0.05) is 49.1 Å². The molecule has 116 valence electrons. The summed E-state index contributed by atoms with van der Waals surface area (Å²) >= 11 is 0. The number of nitrogens with one attached hydrogen (secondary N) is 2. The summed E-state index contributed by atoms with van der Waals surface area (Å²) in [6.07, 6.45) is 4.48. The summed E-state index contributed by atoms with van der Waals surface area (Å²) in [4.78, 5) is 17.1. The van der Waals surface area contributed by atoms with Crippen LogP contribution >= 0.6 is 0 Å². The molecule has 1 aliphatic carbocycles. The molecular formula is C18H23N3O. The van der Waals surface area contributed by atoms with E-state index in [1.807, 2.05) is 0 Å². The second kappa shape index (κ2) is 5.13. The van der Waals surface area contributed by atoms with Crippen LogP contribution in [0.5, 0.6) is 0 Å². The van der Waals surface area contributed by atoms with E-state index >= 15 is 0 Å². The molecule has 1 fully saturated rings. The Hall–Kier alpha value is -1.81. The van der Waals surface area contributed by atoms with Gasteiger partial charge in [-0.15, -0.1) is 0 Å². The number of amides is 1. The molecule has 1 saturated heterocycles. The number of nitrogens with zero attached hydrogens (tertiary/aromatic N) is 1. The molecule has 1 aliphatic heterocycles. The highest BCUT2D eigenvalue weighted by Crippen LogP contribution is 2.44. The van der Waals surface area contributed by atoms with Crippen molar-refractivity contribution in [1.29, 1.82) is 0 Å². The summed E-state index contributed by atoms with van der Waals surface area (Å²) in [6, 6.07) is 7.22. The molecule has 2 N–H and O–H groups in total. The average molecular weight is 297 g/mol. The van der Waals surface area contributed by atoms with Crippen LogP contribution in [0.3, 0.4) is 0 Å². The Balaban J connectivity index is 1.67. The second-order valence-electron chi connectivity index (χ2n) is 6.94. The second-order valence-corrected chi connectivity index (χ2v) is 6.94. The number of H-pyrrole nitrogens is 1. The van der Waals surface area contributed by atoms with E-state index in [-0.39, 0.29) is 5.91 Å². The van der Waals surface area contributed by atoms with Crippen LogP contribution in [0.1, 0.15) is 30.4 Å². The number of piperidine rings is 1. The first-order valence-corrected chi connectivity index (χ1v) is 8.17. The Labute approximate surface area is 130 Å². The first-order chi connectivity index (χ1) is 10.6. The van der Waals surface area contributed by atoms with Crippen LogP contribution in [-0.2, 0) is 11.2 Å². The third-order valence-corrected chi connectivity index (χ3v) is 5.45. The monoisotopic (exact) mass is 297 g/mol. The predicted octanol–water partition coefficient (Wildman–Crippen LogP) is 2.26. The number of fused-ring (bicyclic) bond motifs is 2. The molecule has 4 rings (SSSR count). The maximum atomic E-state index is 11.2. The maximum absolute atomic E-state index is 11.2. The van der Waals surface area contributed by atoms with E-state index in [0.717, 1.165) is 19.5 Å². The van der Waals surface area contributed by atoms with E-state index in [0.29, 0.717) is 17.9 Å². The molecule has 2 heterocycles. The number of aromatic amines is 1. The lowest BCUT2D eigenvalue weighted by molar-refractivity contribution is -0.119. The van der Waals surface area contributed by atoms with Gasteiger partial charge in [-0.3, -0.25) is 4.79 Å². The number of hydrogen-bond donors (Lipinski definition) is 2. The molecule has 0 radical (unpaired) electrons. The molecule has 2 aromatic rings. The van der Waals surface area contributed by atoms with Gasteiger partial charge in [0.05, 0.1) is 0 Å². The number of hydrogen-bond acceptors (Lipinski definition) is 2. The van der Waals surface area contributed by atoms with Gasteiger partial charge in [0.2, 0.25) is 5.91 Å². The van der Waals surface area contributed by atoms with Crippen molar-refractivity contribution >= 4 is 16.8 Å².